The molecule has 0 saturated heterocycles. The number of fused-ring (bicyclic) bond motifs is 1. The number of allylic oxidation sites excluding steroid dienone is 1. The Balaban J connectivity index is 1.97. The first-order valence-electron chi connectivity index (χ1n) is 8.48. The Bertz CT molecular complexity index is 876. The Hall–Kier alpha value is -3.00. The van der Waals surface area contributed by atoms with Gasteiger partial charge in [-0.05, 0) is 52.4 Å². The monoisotopic (exact) mass is 328 g/mol. The summed E-state index contributed by atoms with van der Waals surface area (Å²) < 4.78 is 0. The maximum atomic E-state index is 9.72. The van der Waals surface area contributed by atoms with E-state index in [9.17, 15) is 10.2 Å². The van der Waals surface area contributed by atoms with Crippen molar-refractivity contribution in [3.63, 3.8) is 0 Å². The van der Waals surface area contributed by atoms with E-state index in [0.717, 1.165) is 11.1 Å². The van der Waals surface area contributed by atoms with Gasteiger partial charge in [-0.15, -0.1) is 0 Å². The Morgan fingerprint density at radius 2 is 1.24 bits per heavy atom. The number of hydrogen-bond acceptors (Lipinski definition) is 2. The molecule has 1 atom stereocenters. The van der Waals surface area contributed by atoms with E-state index in [4.69, 9.17) is 0 Å². The van der Waals surface area contributed by atoms with Crippen LogP contribution in [-0.4, -0.2) is 10.2 Å². The van der Waals surface area contributed by atoms with Crippen LogP contribution in [0.4, 0.5) is 0 Å². The summed E-state index contributed by atoms with van der Waals surface area (Å²) in [7, 11) is 0. The molecule has 0 radical (unpaired) electrons. The van der Waals surface area contributed by atoms with Crippen LogP contribution in [0, 0.1) is 0 Å². The van der Waals surface area contributed by atoms with E-state index in [1.54, 1.807) is 24.3 Å². The van der Waals surface area contributed by atoms with Gasteiger partial charge in [0.05, 0.1) is 0 Å². The van der Waals surface area contributed by atoms with Gasteiger partial charge in [0.1, 0.15) is 11.5 Å². The second-order valence-electron chi connectivity index (χ2n) is 6.65. The highest BCUT2D eigenvalue weighted by atomic mass is 16.3. The van der Waals surface area contributed by atoms with Gasteiger partial charge in [-0.3, -0.25) is 0 Å². The maximum Gasteiger partial charge on any atom is 0.115 e. The quantitative estimate of drug-likeness (QED) is 0.677. The number of phenolic OH excluding ortho intramolecular Hbond substituents is 2. The molecular weight excluding hydrogens is 308 g/mol. The average Bonchev–Trinajstić information content (AvgIpc) is 2.64. The van der Waals surface area contributed by atoms with Gasteiger partial charge in [-0.2, -0.15) is 0 Å². The van der Waals surface area contributed by atoms with Crippen LogP contribution in [0.25, 0.3) is 6.08 Å². The molecule has 0 spiro atoms. The molecule has 2 N–H and O–H groups in total. The standard InChI is InChI=1S/C23H20O2/c1-16-22-5-3-2-4-17(22)14-15-23(16,18-6-10-20(24)11-7-18)19-8-12-21(25)13-9-19/h2-16,24-25H,1H3. The number of aromatic hydroxyl groups is 2. The zero-order valence-corrected chi connectivity index (χ0v) is 14.1. The third kappa shape index (κ3) is 2.42. The van der Waals surface area contributed by atoms with Gasteiger partial charge in [-0.25, -0.2) is 0 Å². The topological polar surface area (TPSA) is 40.5 Å². The van der Waals surface area contributed by atoms with Gasteiger partial charge in [0.15, 0.2) is 0 Å². The van der Waals surface area contributed by atoms with Crippen molar-refractivity contribution < 1.29 is 10.2 Å². The molecule has 1 aliphatic carbocycles. The smallest absolute Gasteiger partial charge is 0.115 e. The first kappa shape index (κ1) is 15.5. The van der Waals surface area contributed by atoms with Crippen LogP contribution in [-0.2, 0) is 5.41 Å². The predicted octanol–water partition coefficient (Wildman–Crippen LogP) is 5.21. The highest BCUT2D eigenvalue weighted by Crippen LogP contribution is 2.50. The molecular formula is C23H20O2. The molecule has 0 aromatic heterocycles. The van der Waals surface area contributed by atoms with Crippen molar-refractivity contribution in [2.45, 2.75) is 18.3 Å². The van der Waals surface area contributed by atoms with Crippen molar-refractivity contribution in [2.24, 2.45) is 0 Å². The number of rotatable bonds is 2. The van der Waals surface area contributed by atoms with E-state index in [1.165, 1.54) is 11.1 Å². The van der Waals surface area contributed by atoms with Gasteiger partial charge >= 0.3 is 0 Å². The minimum absolute atomic E-state index is 0.211. The molecule has 0 aliphatic heterocycles. The second kappa shape index (κ2) is 5.82. The van der Waals surface area contributed by atoms with E-state index in [0.29, 0.717) is 0 Å². The van der Waals surface area contributed by atoms with Crippen LogP contribution in [0.3, 0.4) is 0 Å². The molecule has 2 heteroatoms. The minimum atomic E-state index is -0.351. The van der Waals surface area contributed by atoms with Crippen LogP contribution in [0.5, 0.6) is 11.5 Å². The fourth-order valence-electron chi connectivity index (χ4n) is 4.00. The lowest BCUT2D eigenvalue weighted by Gasteiger charge is -2.41. The lowest BCUT2D eigenvalue weighted by Crippen LogP contribution is -2.33. The molecule has 0 heterocycles. The molecule has 1 unspecified atom stereocenters. The largest absolute Gasteiger partial charge is 0.508 e. The molecule has 25 heavy (non-hydrogen) atoms. The van der Waals surface area contributed by atoms with E-state index in [1.807, 2.05) is 24.3 Å². The van der Waals surface area contributed by atoms with Crippen molar-refractivity contribution >= 4 is 6.08 Å². The zero-order chi connectivity index (χ0) is 17.4. The van der Waals surface area contributed by atoms with Gasteiger partial charge < -0.3 is 10.2 Å². The van der Waals surface area contributed by atoms with Gasteiger partial charge in [-0.1, -0.05) is 67.6 Å². The lowest BCUT2D eigenvalue weighted by atomic mass is 9.61. The molecule has 4 rings (SSSR count). The SMILES string of the molecule is CC1c2ccccc2C=CC1(c1ccc(O)cc1)c1ccc(O)cc1. The van der Waals surface area contributed by atoms with Gasteiger partial charge in [0.25, 0.3) is 0 Å². The van der Waals surface area contributed by atoms with Crippen molar-refractivity contribution in [3.05, 3.63) is 101 Å². The molecule has 1 aliphatic rings. The molecule has 0 amide bonds. The van der Waals surface area contributed by atoms with Crippen LogP contribution < -0.4 is 0 Å². The Morgan fingerprint density at radius 1 is 0.720 bits per heavy atom. The highest BCUT2D eigenvalue weighted by molar-refractivity contribution is 5.66. The minimum Gasteiger partial charge on any atom is -0.508 e. The normalized spacial score (nSPS) is 17.9. The van der Waals surface area contributed by atoms with Crippen LogP contribution in [0.1, 0.15) is 35.1 Å². The van der Waals surface area contributed by atoms with E-state index < -0.39 is 0 Å². The van der Waals surface area contributed by atoms with Crippen molar-refractivity contribution in [2.75, 3.05) is 0 Å². The summed E-state index contributed by atoms with van der Waals surface area (Å²) in [5, 5.41) is 19.4. The first-order valence-corrected chi connectivity index (χ1v) is 8.48. The third-order valence-corrected chi connectivity index (χ3v) is 5.36. The van der Waals surface area contributed by atoms with Crippen LogP contribution >= 0.6 is 0 Å². The van der Waals surface area contributed by atoms with E-state index in [-0.39, 0.29) is 22.8 Å². The highest BCUT2D eigenvalue weighted by Gasteiger charge is 2.40. The molecule has 3 aromatic carbocycles. The molecule has 2 nitrogen and oxygen atoms in total. The lowest BCUT2D eigenvalue weighted by molar-refractivity contribution is 0.471. The second-order valence-corrected chi connectivity index (χ2v) is 6.65. The first-order chi connectivity index (χ1) is 12.1. The van der Waals surface area contributed by atoms with E-state index >= 15 is 0 Å². The summed E-state index contributed by atoms with van der Waals surface area (Å²) in [6.45, 7) is 2.24. The van der Waals surface area contributed by atoms with Crippen molar-refractivity contribution in [1.82, 2.24) is 0 Å². The predicted molar refractivity (Wildman–Crippen MR) is 101 cm³/mol. The van der Waals surface area contributed by atoms with Crippen LogP contribution in [0.2, 0.25) is 0 Å². The summed E-state index contributed by atoms with van der Waals surface area (Å²) in [6.07, 6.45) is 4.42. The van der Waals surface area contributed by atoms with Crippen molar-refractivity contribution in [3.8, 4) is 11.5 Å². The summed E-state index contributed by atoms with van der Waals surface area (Å²) in [5.41, 5.74) is 4.42. The molecule has 124 valence electrons. The summed E-state index contributed by atoms with van der Waals surface area (Å²) in [5.74, 6) is 0.734. The molecule has 0 fully saturated rings. The zero-order valence-electron chi connectivity index (χ0n) is 14.1. The number of benzene rings is 3. The molecule has 0 saturated carbocycles. The van der Waals surface area contributed by atoms with Gasteiger partial charge in [0.2, 0.25) is 0 Å². The third-order valence-electron chi connectivity index (χ3n) is 5.36. The van der Waals surface area contributed by atoms with Crippen molar-refractivity contribution in [1.29, 1.82) is 0 Å². The van der Waals surface area contributed by atoms with Crippen LogP contribution in [0.15, 0.2) is 78.9 Å². The number of hydrogen-bond donors (Lipinski definition) is 2. The maximum absolute atomic E-state index is 9.72. The Kier molecular flexibility index (Phi) is 3.61. The molecule has 0 bridgehead atoms. The van der Waals surface area contributed by atoms with E-state index in [2.05, 4.69) is 43.3 Å². The Morgan fingerprint density at radius 3 is 1.80 bits per heavy atom. The Labute approximate surface area is 147 Å². The average molecular weight is 328 g/mol. The van der Waals surface area contributed by atoms with Gasteiger partial charge in [0, 0.05) is 5.41 Å². The fourth-order valence-corrected chi connectivity index (χ4v) is 4.00. The fraction of sp³-hybridized carbons (Fsp3) is 0.130. The summed E-state index contributed by atoms with van der Waals surface area (Å²) in [4.78, 5) is 0. The number of phenols is 2. The summed E-state index contributed by atoms with van der Waals surface area (Å²) >= 11 is 0. The molecule has 3 aromatic rings. The summed E-state index contributed by atoms with van der Waals surface area (Å²) in [6, 6.07) is 23.3.